The Morgan fingerprint density at radius 2 is 1.55 bits per heavy atom. The second-order valence-corrected chi connectivity index (χ2v) is 22.6. The van der Waals surface area contributed by atoms with Gasteiger partial charge in [0.2, 0.25) is 17.7 Å². The van der Waals surface area contributed by atoms with E-state index in [0.717, 1.165) is 42.1 Å². The van der Waals surface area contributed by atoms with Gasteiger partial charge in [-0.05, 0) is 102 Å². The second-order valence-electron chi connectivity index (χ2n) is 22.6. The monoisotopic (exact) mass is 1080 g/mol. The summed E-state index contributed by atoms with van der Waals surface area (Å²) in [6.07, 6.45) is 9.04. The first kappa shape index (κ1) is 64.9. The van der Waals surface area contributed by atoms with Gasteiger partial charge in [-0.3, -0.25) is 43.3 Å². The predicted octanol–water partition coefficient (Wildman–Crippen LogP) is 7.16. The minimum absolute atomic E-state index is 0.0211. The number of fused-ring (bicyclic) bond motifs is 1. The van der Waals surface area contributed by atoms with Gasteiger partial charge in [0.25, 0.3) is 0 Å². The molecule has 3 heterocycles. The highest BCUT2D eigenvalue weighted by Gasteiger charge is 2.44. The molecule has 0 spiro atoms. The van der Waals surface area contributed by atoms with Crippen LogP contribution in [0.5, 0.6) is 0 Å². The van der Waals surface area contributed by atoms with Gasteiger partial charge in [0, 0.05) is 89.0 Å². The van der Waals surface area contributed by atoms with Crippen molar-refractivity contribution in [3.63, 3.8) is 0 Å². The van der Waals surface area contributed by atoms with Crippen LogP contribution in [0, 0.1) is 29.6 Å². The largest absolute Gasteiger partial charge is 0.480 e. The number of benzene rings is 1. The number of unbranched alkanes of at least 4 members (excludes halogenated alkanes) is 4. The number of hydroxylamine groups is 2. The van der Waals surface area contributed by atoms with Crippen LogP contribution in [-0.4, -0.2) is 173 Å². The number of carboxylic acid groups (broad SMARTS) is 1. The van der Waals surface area contributed by atoms with Crippen LogP contribution < -0.4 is 5.73 Å². The lowest BCUT2D eigenvalue weighted by Gasteiger charge is -2.41. The number of likely N-dealkylation sites (N-methyl/N-ethyl adjacent to an activating group) is 2. The third kappa shape index (κ3) is 18.8. The number of aliphatic hydroxyl groups excluding tert-OH is 1. The van der Waals surface area contributed by atoms with Crippen LogP contribution in [0.4, 0.5) is 0 Å². The van der Waals surface area contributed by atoms with Crippen LogP contribution in [0.2, 0.25) is 0 Å². The van der Waals surface area contributed by atoms with Crippen LogP contribution in [-0.2, 0) is 54.3 Å². The van der Waals surface area contributed by atoms with Crippen LogP contribution in [0.3, 0.4) is 0 Å². The highest BCUT2D eigenvalue weighted by molar-refractivity contribution is 5.91. The Labute approximate surface area is 458 Å². The number of hydrogen-bond donors (Lipinski definition) is 4. The average Bonchev–Trinajstić information content (AvgIpc) is 4.08. The van der Waals surface area contributed by atoms with Gasteiger partial charge in [0.1, 0.15) is 17.6 Å². The molecule has 2 saturated heterocycles. The van der Waals surface area contributed by atoms with E-state index < -0.39 is 66.2 Å². The number of hydrogen-bond acceptors (Lipinski definition) is 13. The summed E-state index contributed by atoms with van der Waals surface area (Å²) in [6, 6.07) is 5.23. The van der Waals surface area contributed by atoms with Crippen molar-refractivity contribution in [1.82, 2.24) is 24.7 Å². The first-order chi connectivity index (χ1) is 36.7. The van der Waals surface area contributed by atoms with Gasteiger partial charge in [0.05, 0.1) is 55.4 Å². The highest BCUT2D eigenvalue weighted by atomic mass is 16.7. The van der Waals surface area contributed by atoms with Gasteiger partial charge in [-0.2, -0.15) is 0 Å². The van der Waals surface area contributed by atoms with Crippen LogP contribution in [0.25, 0.3) is 10.9 Å². The molecule has 2 aliphatic heterocycles. The lowest BCUT2D eigenvalue weighted by molar-refractivity contribution is -0.201. The molecule has 18 heteroatoms. The van der Waals surface area contributed by atoms with Crippen molar-refractivity contribution in [2.75, 3.05) is 54.6 Å². The number of aliphatic carboxylic acids is 1. The van der Waals surface area contributed by atoms with E-state index in [1.54, 1.807) is 45.0 Å². The summed E-state index contributed by atoms with van der Waals surface area (Å²) < 4.78 is 12.3. The van der Waals surface area contributed by atoms with Crippen LogP contribution in [0.15, 0.2) is 30.5 Å². The number of nitrogens with two attached hydrogens (primary N) is 1. The second kappa shape index (κ2) is 32.5. The molecule has 2 aliphatic rings. The topological polar surface area (TPSA) is 242 Å². The molecule has 5 N–H and O–H groups in total. The lowest BCUT2D eigenvalue weighted by atomic mass is 9.84. The molecular weight excluding hydrogens is 985 g/mol. The van der Waals surface area contributed by atoms with E-state index >= 15 is 0 Å². The number of rotatable bonds is 36. The molecule has 0 bridgehead atoms. The maximum Gasteiger partial charge on any atom is 0.320 e. The number of aromatic nitrogens is 1. The third-order valence-electron chi connectivity index (χ3n) is 16.6. The molecule has 0 unspecified atom stereocenters. The number of aliphatic hydroxyl groups is 1. The summed E-state index contributed by atoms with van der Waals surface area (Å²) in [5.41, 5.74) is 7.46. The number of ether oxygens (including phenoxy) is 2. The van der Waals surface area contributed by atoms with Crippen LogP contribution in [0.1, 0.15) is 156 Å². The number of Topliss-reactive ketones (excluding diaryl/α,β-unsaturated/α-hetero) is 3. The van der Waals surface area contributed by atoms with Crippen molar-refractivity contribution in [2.24, 2.45) is 35.3 Å². The molecule has 18 nitrogen and oxygen atoms in total. The number of methoxy groups -OCH3 is 2. The Morgan fingerprint density at radius 3 is 2.16 bits per heavy atom. The molecule has 3 amide bonds. The zero-order chi connectivity index (χ0) is 56.9. The molecule has 2 aromatic rings. The standard InChI is InChI=1S/C59H96N6O12/c1-11-39(4)54(63(8)58(72)46(38(2)3)35-51(69)55(41(6)66)62(7)29-19-13-15-24-44(67)23-14-12-16-26-47(60)59(73)74)52(75-9)36-53(70)64-30-22-28-49(64)56(76-10)40(5)50(68)34-42(57(71)65-31-20-21-32-77-65)33-43-37-61-48-27-18-17-25-45(43)48/h17-18,25,27,37-42,46-47,49,52,54-56,61,66H,11-16,19-24,26,28-36,60H2,1-10H3,(H,73,74)/t39-,40-,41+,42+,46-,47-,49-,52+,54-,55-,56+/m0/s1. The number of amides is 3. The number of ketones is 3. The van der Waals surface area contributed by atoms with Crippen molar-refractivity contribution < 1.29 is 58.1 Å². The van der Waals surface area contributed by atoms with Gasteiger partial charge >= 0.3 is 5.97 Å². The fourth-order valence-corrected chi connectivity index (χ4v) is 11.8. The normalized spacial score (nSPS) is 19.1. The molecule has 0 saturated carbocycles. The molecule has 0 aliphatic carbocycles. The zero-order valence-electron chi connectivity index (χ0n) is 48.2. The van der Waals surface area contributed by atoms with E-state index in [-0.39, 0.29) is 66.2 Å². The minimum atomic E-state index is -1.02. The van der Waals surface area contributed by atoms with Gasteiger partial charge in [-0.15, -0.1) is 0 Å². The summed E-state index contributed by atoms with van der Waals surface area (Å²) in [5.74, 6) is -4.21. The van der Waals surface area contributed by atoms with Crippen molar-refractivity contribution >= 4 is 51.9 Å². The number of aromatic amines is 1. The Hall–Kier alpha value is -4.59. The number of nitrogens with one attached hydrogen (secondary N) is 1. The van der Waals surface area contributed by atoms with E-state index in [2.05, 4.69) is 4.98 Å². The van der Waals surface area contributed by atoms with Gasteiger partial charge in [-0.1, -0.05) is 78.5 Å². The maximum atomic E-state index is 14.7. The Balaban J connectivity index is 1.39. The van der Waals surface area contributed by atoms with E-state index in [9.17, 15) is 38.7 Å². The quantitative estimate of drug-likeness (QED) is 0.0495. The van der Waals surface area contributed by atoms with E-state index in [0.29, 0.717) is 96.9 Å². The molecular formula is C59H96N6O12. The highest BCUT2D eigenvalue weighted by Crippen LogP contribution is 2.33. The zero-order valence-corrected chi connectivity index (χ0v) is 48.2. The summed E-state index contributed by atoms with van der Waals surface area (Å²) in [5, 5.41) is 22.3. The van der Waals surface area contributed by atoms with Crippen molar-refractivity contribution in [3.8, 4) is 0 Å². The first-order valence-electron chi connectivity index (χ1n) is 28.7. The predicted molar refractivity (Wildman–Crippen MR) is 296 cm³/mol. The average molecular weight is 1080 g/mol. The van der Waals surface area contributed by atoms with Crippen molar-refractivity contribution in [1.29, 1.82) is 0 Å². The van der Waals surface area contributed by atoms with Gasteiger partial charge < -0.3 is 40.2 Å². The molecule has 1 aromatic heterocycles. The fraction of sp³-hybridized carbons (Fsp3) is 0.746. The summed E-state index contributed by atoms with van der Waals surface area (Å²) in [7, 11) is 6.62. The number of nitrogens with zero attached hydrogens (tertiary/aromatic N) is 4. The third-order valence-corrected chi connectivity index (χ3v) is 16.6. The Kier molecular flexibility index (Phi) is 27.4. The molecule has 0 radical (unpaired) electrons. The minimum Gasteiger partial charge on any atom is -0.480 e. The van der Waals surface area contributed by atoms with Crippen molar-refractivity contribution in [3.05, 3.63) is 36.0 Å². The number of H-pyrrole nitrogens is 1. The summed E-state index contributed by atoms with van der Waals surface area (Å²) in [6.45, 7) is 13.2. The van der Waals surface area contributed by atoms with Crippen molar-refractivity contribution in [2.45, 2.75) is 200 Å². The Morgan fingerprint density at radius 1 is 0.857 bits per heavy atom. The summed E-state index contributed by atoms with van der Waals surface area (Å²) >= 11 is 0. The van der Waals surface area contributed by atoms with E-state index in [4.69, 9.17) is 25.2 Å². The number of para-hydroxylation sites is 1. The first-order valence-corrected chi connectivity index (χ1v) is 28.7. The molecule has 4 rings (SSSR count). The fourth-order valence-electron chi connectivity index (χ4n) is 11.8. The smallest absolute Gasteiger partial charge is 0.320 e. The molecule has 11 atom stereocenters. The lowest BCUT2D eigenvalue weighted by Crippen LogP contribution is -2.54. The number of carbonyl (C=O) groups excluding carboxylic acids is 6. The number of carbonyl (C=O) groups is 7. The Bertz CT molecular complexity index is 2190. The molecule has 77 heavy (non-hydrogen) atoms. The number of likely N-dealkylation sites (tertiary alicyclic amines) is 1. The van der Waals surface area contributed by atoms with E-state index in [1.807, 2.05) is 70.0 Å². The number of carboxylic acids is 1. The van der Waals surface area contributed by atoms with E-state index in [1.165, 1.54) is 5.06 Å². The van der Waals surface area contributed by atoms with Gasteiger partial charge in [-0.25, -0.2) is 5.06 Å². The van der Waals surface area contributed by atoms with Crippen LogP contribution >= 0.6 is 0 Å². The SMILES string of the molecule is CC[C@H](C)[C@@H]([C@@H](CC(=O)N1CCC[C@H]1[C@H](OC)[C@@H](C)C(=O)C[C@@H](Cc1c[nH]c2ccccc12)C(=O)N1CCCCO1)OC)N(C)C(=O)[C@@H](CC(=O)[C@H]([C@@H](C)O)N(C)CCCCCC(=O)CCCCC[C@H](N)C(=O)O)C(C)C. The van der Waals surface area contributed by atoms with Gasteiger partial charge in [0.15, 0.2) is 5.78 Å². The molecule has 2 fully saturated rings. The molecule has 1 aromatic carbocycles. The molecule has 434 valence electrons. The maximum absolute atomic E-state index is 14.7. The summed E-state index contributed by atoms with van der Waals surface area (Å²) in [4.78, 5) is 110.